The second-order valence-electron chi connectivity index (χ2n) is 5.77. The van der Waals surface area contributed by atoms with Gasteiger partial charge >= 0.3 is 0 Å². The van der Waals surface area contributed by atoms with Gasteiger partial charge in [0.2, 0.25) is 0 Å². The summed E-state index contributed by atoms with van der Waals surface area (Å²) in [4.78, 5) is 4.91. The van der Waals surface area contributed by atoms with Gasteiger partial charge in [-0.25, -0.2) is 0 Å². The van der Waals surface area contributed by atoms with Crippen LogP contribution in [0.3, 0.4) is 0 Å². The highest BCUT2D eigenvalue weighted by Gasteiger charge is 2.28. The maximum Gasteiger partial charge on any atom is 0.125 e. The van der Waals surface area contributed by atoms with Crippen LogP contribution in [-0.2, 0) is 0 Å². The number of ether oxygens (including phenoxy) is 1. The van der Waals surface area contributed by atoms with Crippen LogP contribution in [0.2, 0.25) is 5.02 Å². The SMILES string of the molecule is COc1cccc(Cl)c1C(CN)N1CCN(C(C)C)CC1. The average molecular weight is 312 g/mol. The van der Waals surface area contributed by atoms with Gasteiger partial charge in [0.15, 0.2) is 0 Å². The van der Waals surface area contributed by atoms with E-state index in [1.54, 1.807) is 7.11 Å². The molecule has 1 aliphatic heterocycles. The number of piperazine rings is 1. The van der Waals surface area contributed by atoms with E-state index < -0.39 is 0 Å². The molecule has 1 aromatic rings. The summed E-state index contributed by atoms with van der Waals surface area (Å²) >= 11 is 6.41. The second-order valence-corrected chi connectivity index (χ2v) is 6.18. The number of nitrogens with two attached hydrogens (primary N) is 1. The Bertz CT molecular complexity index is 459. The van der Waals surface area contributed by atoms with Crippen molar-refractivity contribution in [1.82, 2.24) is 9.80 Å². The molecule has 1 heterocycles. The summed E-state index contributed by atoms with van der Waals surface area (Å²) < 4.78 is 5.48. The molecule has 0 radical (unpaired) electrons. The molecule has 2 N–H and O–H groups in total. The zero-order valence-corrected chi connectivity index (χ0v) is 13.9. The van der Waals surface area contributed by atoms with Crippen molar-refractivity contribution in [2.75, 3.05) is 39.8 Å². The maximum absolute atomic E-state index is 6.41. The summed E-state index contributed by atoms with van der Waals surface area (Å²) in [6.45, 7) is 9.19. The molecule has 118 valence electrons. The van der Waals surface area contributed by atoms with Crippen LogP contribution in [-0.4, -0.2) is 55.7 Å². The van der Waals surface area contributed by atoms with Crippen molar-refractivity contribution in [2.24, 2.45) is 5.73 Å². The lowest BCUT2D eigenvalue weighted by Gasteiger charge is -2.41. The van der Waals surface area contributed by atoms with Crippen LogP contribution in [0, 0.1) is 0 Å². The highest BCUT2D eigenvalue weighted by atomic mass is 35.5. The van der Waals surface area contributed by atoms with Gasteiger partial charge in [-0.15, -0.1) is 0 Å². The monoisotopic (exact) mass is 311 g/mol. The molecular formula is C16H26ClN3O. The molecule has 0 spiro atoms. The van der Waals surface area contributed by atoms with Crippen molar-refractivity contribution in [2.45, 2.75) is 25.9 Å². The van der Waals surface area contributed by atoms with Gasteiger partial charge in [-0.3, -0.25) is 9.80 Å². The van der Waals surface area contributed by atoms with E-state index in [1.165, 1.54) is 0 Å². The quantitative estimate of drug-likeness (QED) is 0.906. The van der Waals surface area contributed by atoms with Crippen LogP contribution in [0.15, 0.2) is 18.2 Å². The molecule has 2 rings (SSSR count). The van der Waals surface area contributed by atoms with Gasteiger partial charge in [0.05, 0.1) is 13.2 Å². The zero-order valence-electron chi connectivity index (χ0n) is 13.2. The molecule has 0 bridgehead atoms. The number of rotatable bonds is 5. The van der Waals surface area contributed by atoms with Crippen LogP contribution in [0.25, 0.3) is 0 Å². The van der Waals surface area contributed by atoms with Gasteiger partial charge in [-0.2, -0.15) is 0 Å². The van der Waals surface area contributed by atoms with E-state index in [4.69, 9.17) is 22.1 Å². The lowest BCUT2D eigenvalue weighted by Crippen LogP contribution is -2.51. The molecule has 4 nitrogen and oxygen atoms in total. The Hall–Kier alpha value is -0.810. The van der Waals surface area contributed by atoms with Crippen molar-refractivity contribution < 1.29 is 4.74 Å². The third kappa shape index (κ3) is 3.69. The fourth-order valence-corrected chi connectivity index (χ4v) is 3.33. The number of nitrogens with zero attached hydrogens (tertiary/aromatic N) is 2. The fourth-order valence-electron chi connectivity index (χ4n) is 3.03. The Labute approximate surface area is 132 Å². The number of methoxy groups -OCH3 is 1. The molecule has 1 saturated heterocycles. The molecule has 5 heteroatoms. The number of hydrogen-bond acceptors (Lipinski definition) is 4. The molecule has 1 fully saturated rings. The first-order valence-corrected chi connectivity index (χ1v) is 7.96. The summed E-state index contributed by atoms with van der Waals surface area (Å²) in [7, 11) is 1.68. The van der Waals surface area contributed by atoms with Gasteiger partial charge in [-0.05, 0) is 26.0 Å². The van der Waals surface area contributed by atoms with Crippen molar-refractivity contribution >= 4 is 11.6 Å². The molecule has 0 saturated carbocycles. The first-order valence-electron chi connectivity index (χ1n) is 7.59. The lowest BCUT2D eigenvalue weighted by molar-refractivity contribution is 0.0794. The van der Waals surface area contributed by atoms with Crippen LogP contribution < -0.4 is 10.5 Å². The largest absolute Gasteiger partial charge is 0.496 e. The predicted molar refractivity (Wildman–Crippen MR) is 88.1 cm³/mol. The molecule has 0 aromatic heterocycles. The molecule has 1 unspecified atom stereocenters. The first kappa shape index (κ1) is 16.6. The van der Waals surface area contributed by atoms with Crippen molar-refractivity contribution in [3.8, 4) is 5.75 Å². The minimum Gasteiger partial charge on any atom is -0.496 e. The minimum atomic E-state index is 0.114. The molecule has 0 aliphatic carbocycles. The normalized spacial score (nSPS) is 19.0. The van der Waals surface area contributed by atoms with Crippen molar-refractivity contribution in [3.05, 3.63) is 28.8 Å². The highest BCUT2D eigenvalue weighted by molar-refractivity contribution is 6.31. The smallest absolute Gasteiger partial charge is 0.125 e. The first-order chi connectivity index (χ1) is 10.1. The maximum atomic E-state index is 6.41. The van der Waals surface area contributed by atoms with Crippen molar-refractivity contribution in [1.29, 1.82) is 0 Å². The third-order valence-corrected chi connectivity index (χ3v) is 4.64. The summed E-state index contributed by atoms with van der Waals surface area (Å²) in [5.74, 6) is 0.823. The van der Waals surface area contributed by atoms with Crippen LogP contribution in [0.5, 0.6) is 5.75 Å². The molecular weight excluding hydrogens is 286 g/mol. The molecule has 1 aromatic carbocycles. The summed E-state index contributed by atoms with van der Waals surface area (Å²) in [5, 5.41) is 0.732. The average Bonchev–Trinajstić information content (AvgIpc) is 2.50. The Morgan fingerprint density at radius 2 is 1.81 bits per heavy atom. The lowest BCUT2D eigenvalue weighted by atomic mass is 10.0. The summed E-state index contributed by atoms with van der Waals surface area (Å²) in [6, 6.07) is 6.48. The predicted octanol–water partition coefficient (Wildman–Crippen LogP) is 2.37. The zero-order chi connectivity index (χ0) is 15.4. The molecule has 1 atom stereocenters. The Balaban J connectivity index is 2.18. The van der Waals surface area contributed by atoms with E-state index in [0.717, 1.165) is 42.5 Å². The van der Waals surface area contributed by atoms with Crippen LogP contribution >= 0.6 is 11.6 Å². The van der Waals surface area contributed by atoms with Crippen LogP contribution in [0.1, 0.15) is 25.5 Å². The summed E-state index contributed by atoms with van der Waals surface area (Å²) in [6.07, 6.45) is 0. The van der Waals surface area contributed by atoms with E-state index in [1.807, 2.05) is 18.2 Å². The van der Waals surface area contributed by atoms with E-state index >= 15 is 0 Å². The van der Waals surface area contributed by atoms with Gasteiger partial charge < -0.3 is 10.5 Å². The molecule has 0 amide bonds. The van der Waals surface area contributed by atoms with E-state index in [-0.39, 0.29) is 6.04 Å². The Morgan fingerprint density at radius 3 is 2.33 bits per heavy atom. The fraction of sp³-hybridized carbons (Fsp3) is 0.625. The van der Waals surface area contributed by atoms with Gasteiger partial charge in [0, 0.05) is 49.4 Å². The minimum absolute atomic E-state index is 0.114. The summed E-state index contributed by atoms with van der Waals surface area (Å²) in [5.41, 5.74) is 7.07. The van der Waals surface area contributed by atoms with Crippen molar-refractivity contribution in [3.63, 3.8) is 0 Å². The van der Waals surface area contributed by atoms with Crippen LogP contribution in [0.4, 0.5) is 0 Å². The van der Waals surface area contributed by atoms with Gasteiger partial charge in [0.1, 0.15) is 5.75 Å². The Morgan fingerprint density at radius 1 is 1.19 bits per heavy atom. The van der Waals surface area contributed by atoms with Gasteiger partial charge in [-0.1, -0.05) is 17.7 Å². The van der Waals surface area contributed by atoms with E-state index in [2.05, 4.69) is 23.6 Å². The topological polar surface area (TPSA) is 41.7 Å². The van der Waals surface area contributed by atoms with E-state index in [9.17, 15) is 0 Å². The number of hydrogen-bond donors (Lipinski definition) is 1. The number of benzene rings is 1. The number of halogens is 1. The Kier molecular flexibility index (Phi) is 5.88. The molecule has 21 heavy (non-hydrogen) atoms. The standard InChI is InChI=1S/C16H26ClN3O/c1-12(2)19-7-9-20(10-8-19)14(11-18)16-13(17)5-4-6-15(16)21-3/h4-6,12,14H,7-11,18H2,1-3H3. The highest BCUT2D eigenvalue weighted by Crippen LogP contribution is 2.35. The van der Waals surface area contributed by atoms with Gasteiger partial charge in [0.25, 0.3) is 0 Å². The third-order valence-electron chi connectivity index (χ3n) is 4.31. The second kappa shape index (κ2) is 7.45. The molecule has 1 aliphatic rings. The van der Waals surface area contributed by atoms with E-state index in [0.29, 0.717) is 12.6 Å².